The summed E-state index contributed by atoms with van der Waals surface area (Å²) in [6.45, 7) is 0. The Bertz CT molecular complexity index is 2980. The minimum atomic E-state index is -5.29. The second-order valence-corrected chi connectivity index (χ2v) is 19.3. The number of hydrogen-bond donors (Lipinski definition) is 1. The monoisotopic (exact) mass is 989 g/mol. The van der Waals surface area contributed by atoms with Gasteiger partial charge < -0.3 is 18.7 Å². The molecule has 0 saturated carbocycles. The fraction of sp³-hybridized carbons (Fsp3) is 0.0204. The van der Waals surface area contributed by atoms with Crippen LogP contribution in [0.2, 0.25) is 0 Å². The molecule has 12 heteroatoms. The molecule has 0 spiro atoms. The smallest absolute Gasteiger partial charge is 0.455 e. The number of carbonyl (C=O) groups is 1. The second-order valence-electron chi connectivity index (χ2n) is 13.8. The quantitative estimate of drug-likeness (QED) is 0.0740. The first-order chi connectivity index (χ1) is 28.9. The Hall–Kier alpha value is -5.21. The number of ketones is 1. The number of carbonyl (C=O) groups excluding carboxylic acids is 1. The summed E-state index contributed by atoms with van der Waals surface area (Å²) in [5.74, 6) is -3.46. The number of Topliss-reactive ketones (excluding diaryl/α,β-unsaturated/α-hetero) is 1. The van der Waals surface area contributed by atoms with Gasteiger partial charge in [0.25, 0.3) is 5.78 Å². The summed E-state index contributed by atoms with van der Waals surface area (Å²) in [6.07, 6.45) is -5.29. The third kappa shape index (κ3) is 8.16. The van der Waals surface area contributed by atoms with Gasteiger partial charge in [-0.15, -0.1) is 0 Å². The molecule has 8 aromatic carbocycles. The van der Waals surface area contributed by atoms with Gasteiger partial charge in [-0.1, -0.05) is 188 Å². The summed E-state index contributed by atoms with van der Waals surface area (Å²) in [5, 5.41) is 17.1. The molecule has 9 rings (SSSR count). The number of alkyl halides is 3. The molecule has 1 N–H and O–H groups in total. The van der Waals surface area contributed by atoms with Crippen LogP contribution in [0.3, 0.4) is 0 Å². The largest absolute Gasteiger partial charge is 0.506 e. The van der Waals surface area contributed by atoms with Gasteiger partial charge in [0.15, 0.2) is 19.8 Å². The minimum absolute atomic E-state index is 0. The summed E-state index contributed by atoms with van der Waals surface area (Å²) in [7, 11) is -6.65. The third-order valence-electron chi connectivity index (χ3n) is 10.3. The van der Waals surface area contributed by atoms with E-state index in [9.17, 15) is 27.9 Å². The first kappa shape index (κ1) is 43.9. The molecule has 0 aliphatic heterocycles. The molecular weight excluding hydrogens is 955 g/mol. The van der Waals surface area contributed by atoms with Gasteiger partial charge in [-0.05, 0) is 22.2 Å². The maximum absolute atomic E-state index is 15.5. The van der Waals surface area contributed by atoms with Crippen molar-refractivity contribution in [1.82, 2.24) is 0 Å². The Kier molecular flexibility index (Phi) is 13.0. The van der Waals surface area contributed by atoms with Crippen molar-refractivity contribution in [2.45, 2.75) is 6.18 Å². The van der Waals surface area contributed by atoms with Crippen LogP contribution in [0.4, 0.5) is 13.2 Å². The van der Waals surface area contributed by atoms with Crippen LogP contribution in [0, 0.1) is 49.4 Å². The van der Waals surface area contributed by atoms with Crippen LogP contribution in [-0.4, -0.2) is 17.1 Å². The van der Waals surface area contributed by atoms with E-state index in [0.29, 0.717) is 21.4 Å². The maximum Gasteiger partial charge on any atom is 0.455 e. The van der Waals surface area contributed by atoms with E-state index in [4.69, 9.17) is 4.42 Å². The van der Waals surface area contributed by atoms with Gasteiger partial charge in [-0.3, -0.25) is 4.79 Å². The Morgan fingerprint density at radius 3 is 1.31 bits per heavy atom. The van der Waals surface area contributed by atoms with Crippen LogP contribution in [0.1, 0.15) is 10.4 Å². The minimum Gasteiger partial charge on any atom is -0.506 e. The first-order valence-corrected chi connectivity index (χ1v) is 22.1. The number of hydrogen-bond acceptors (Lipinski definition) is 6. The van der Waals surface area contributed by atoms with Crippen molar-refractivity contribution in [3.05, 3.63) is 210 Å². The van der Waals surface area contributed by atoms with Crippen molar-refractivity contribution in [1.29, 1.82) is 0 Å². The molecule has 0 bridgehead atoms. The van der Waals surface area contributed by atoms with E-state index >= 15 is 9.13 Å². The standard InChI is InChI=1S/C34H26O2P2.C15H7F3O4.Eu/c35-37(28-17-5-1-6-18-28,29-19-7-2-8-20-29)32-25-13-15-27-16-14-26-33(34(27)32)38(36,30-21-9-3-10-22-30)31-23-11-4-12-24-31;16-15(17,18)13(20)11-12(19)10-8-4-2-1-3-7(8)5-6-9(10)22-14(11)21;/h1-26H;1-6,19H;. The molecule has 1 heterocycles. The second kappa shape index (κ2) is 18.0. The molecule has 0 unspecified atom stereocenters. The number of fused-ring (bicyclic) bond motifs is 4. The molecule has 0 amide bonds. The molecule has 1 aromatic heterocycles. The Labute approximate surface area is 389 Å². The van der Waals surface area contributed by atoms with Crippen molar-refractivity contribution in [2.75, 3.05) is 0 Å². The fourth-order valence-electron chi connectivity index (χ4n) is 7.53. The molecule has 0 fully saturated rings. The van der Waals surface area contributed by atoms with Crippen LogP contribution in [0.5, 0.6) is 5.75 Å². The predicted octanol–water partition coefficient (Wildman–Crippen LogP) is 9.52. The molecule has 61 heavy (non-hydrogen) atoms. The summed E-state index contributed by atoms with van der Waals surface area (Å²) < 4.78 is 73.5. The summed E-state index contributed by atoms with van der Waals surface area (Å²) in [6, 6.07) is 59.9. The average molecular weight is 989 g/mol. The fourth-order valence-corrected chi connectivity index (χ4v) is 13.4. The van der Waals surface area contributed by atoms with Crippen molar-refractivity contribution in [3.8, 4) is 5.75 Å². The van der Waals surface area contributed by atoms with E-state index in [0.717, 1.165) is 32.0 Å². The normalized spacial score (nSPS) is 11.7. The summed E-state index contributed by atoms with van der Waals surface area (Å²) in [4.78, 5) is 23.0. The summed E-state index contributed by atoms with van der Waals surface area (Å²) in [5.41, 5.74) is -3.03. The number of rotatable bonds is 7. The Morgan fingerprint density at radius 1 is 0.492 bits per heavy atom. The molecule has 0 atom stereocenters. The van der Waals surface area contributed by atoms with Gasteiger partial charge >= 0.3 is 11.8 Å². The molecule has 0 aliphatic rings. The van der Waals surface area contributed by atoms with Crippen LogP contribution in [0.25, 0.3) is 32.5 Å². The molecule has 9 aromatic rings. The van der Waals surface area contributed by atoms with Gasteiger partial charge in [0.05, 0.1) is 5.39 Å². The van der Waals surface area contributed by atoms with E-state index in [2.05, 4.69) is 0 Å². The molecule has 1 radical (unpaired) electrons. The SMILES string of the molecule is O=C(c1c(O)c2c(ccc3ccccc32)oc1=O)C(F)(F)F.O=P(c1ccccc1)(c1ccccc1)c1cccc2cccc(P(=O)(c3ccccc3)c3ccccc3)c12.[Eu]. The molecule has 303 valence electrons. The van der Waals surface area contributed by atoms with Crippen molar-refractivity contribution < 1.29 is 86.0 Å². The van der Waals surface area contributed by atoms with Gasteiger partial charge in [0, 0.05) is 86.6 Å². The van der Waals surface area contributed by atoms with E-state index in [1.165, 1.54) is 6.07 Å². The van der Waals surface area contributed by atoms with Gasteiger partial charge in [-0.2, -0.15) is 13.2 Å². The van der Waals surface area contributed by atoms with Gasteiger partial charge in [-0.25, -0.2) is 4.79 Å². The van der Waals surface area contributed by atoms with Crippen LogP contribution < -0.4 is 37.5 Å². The van der Waals surface area contributed by atoms with E-state index in [-0.39, 0.29) is 60.3 Å². The molecule has 0 saturated heterocycles. The van der Waals surface area contributed by atoms with Crippen LogP contribution in [-0.2, 0) is 9.13 Å². The van der Waals surface area contributed by atoms with Crippen molar-refractivity contribution in [3.63, 3.8) is 0 Å². The van der Waals surface area contributed by atoms with Crippen LogP contribution >= 0.6 is 14.3 Å². The zero-order valence-electron chi connectivity index (χ0n) is 31.9. The van der Waals surface area contributed by atoms with Crippen LogP contribution in [0.15, 0.2) is 203 Å². The first-order valence-electron chi connectivity index (χ1n) is 18.7. The third-order valence-corrected chi connectivity index (χ3v) is 16.5. The molecular formula is C49H33EuF3O6P2. The van der Waals surface area contributed by atoms with Crippen molar-refractivity contribution >= 4 is 84.4 Å². The number of halogens is 3. The summed E-state index contributed by atoms with van der Waals surface area (Å²) >= 11 is 0. The number of aromatic hydroxyl groups is 1. The zero-order valence-corrected chi connectivity index (χ0v) is 36.1. The molecule has 6 nitrogen and oxygen atoms in total. The van der Waals surface area contributed by atoms with E-state index < -0.39 is 43.2 Å². The Balaban J connectivity index is 0.000000208. The predicted molar refractivity (Wildman–Crippen MR) is 235 cm³/mol. The average Bonchev–Trinajstić information content (AvgIpc) is 3.29. The van der Waals surface area contributed by atoms with Gasteiger partial charge in [0.1, 0.15) is 11.3 Å². The topological polar surface area (TPSA) is 102 Å². The van der Waals surface area contributed by atoms with E-state index in [1.54, 1.807) is 30.3 Å². The van der Waals surface area contributed by atoms with E-state index in [1.807, 2.05) is 158 Å². The van der Waals surface area contributed by atoms with Gasteiger partial charge in [0.2, 0.25) is 0 Å². The molecule has 0 aliphatic carbocycles. The zero-order chi connectivity index (χ0) is 42.1. The van der Waals surface area contributed by atoms with Crippen molar-refractivity contribution in [2.24, 2.45) is 0 Å². The number of benzene rings is 8. The maximum atomic E-state index is 15.5. The Morgan fingerprint density at radius 2 is 0.885 bits per heavy atom.